The lowest BCUT2D eigenvalue weighted by atomic mass is 9.95. The molecule has 0 aromatic heterocycles. The maximum absolute atomic E-state index is 12.4. The molecule has 1 aromatic rings. The largest absolute Gasteiger partial charge is 0.459 e. The first-order valence-corrected chi connectivity index (χ1v) is 13.1. The van der Waals surface area contributed by atoms with E-state index in [9.17, 15) is 4.79 Å². The molecule has 0 radical (unpaired) electrons. The molecule has 4 atom stereocenters. The zero-order chi connectivity index (χ0) is 23.2. The summed E-state index contributed by atoms with van der Waals surface area (Å²) in [7, 11) is 0. The molecule has 1 aliphatic heterocycles. The van der Waals surface area contributed by atoms with Crippen LogP contribution in [-0.2, 0) is 14.2 Å². The SMILES string of the molecule is CCCCCCCC[C@H]1CO[C@H](c2ccc(C(=O)O[C@H](C)CCCCCC)cc2)O[C@@H]1C. The van der Waals surface area contributed by atoms with Gasteiger partial charge in [-0.1, -0.05) is 83.8 Å². The number of rotatable bonds is 15. The van der Waals surface area contributed by atoms with Gasteiger partial charge in [0.15, 0.2) is 6.29 Å². The average molecular weight is 447 g/mol. The van der Waals surface area contributed by atoms with Crippen molar-refractivity contribution in [3.05, 3.63) is 35.4 Å². The lowest BCUT2D eigenvalue weighted by Crippen LogP contribution is -2.34. The van der Waals surface area contributed by atoms with Gasteiger partial charge in [-0.2, -0.15) is 0 Å². The number of esters is 1. The second kappa shape index (κ2) is 15.4. The zero-order valence-electron chi connectivity index (χ0n) is 20.9. The predicted molar refractivity (Wildman–Crippen MR) is 131 cm³/mol. The second-order valence-corrected chi connectivity index (χ2v) is 9.51. The summed E-state index contributed by atoms with van der Waals surface area (Å²) < 4.78 is 17.8. The first-order chi connectivity index (χ1) is 15.5. The summed E-state index contributed by atoms with van der Waals surface area (Å²) in [6.07, 6.45) is 14.5. The minimum Gasteiger partial charge on any atom is -0.459 e. The van der Waals surface area contributed by atoms with Crippen molar-refractivity contribution in [2.75, 3.05) is 6.61 Å². The fourth-order valence-electron chi connectivity index (χ4n) is 4.32. The molecule has 0 amide bonds. The standard InChI is InChI=1S/C28H46O4/c1-5-7-9-11-12-14-16-26-21-30-28(32-23(26)4)25-19-17-24(18-20-25)27(29)31-22(3)15-13-10-8-6-2/h17-20,22-23,26,28H,5-16,21H2,1-4H3/t22-,23-,26+,28+/m1/s1. The molecule has 182 valence electrons. The molecular weight excluding hydrogens is 400 g/mol. The Morgan fingerprint density at radius 3 is 2.25 bits per heavy atom. The maximum atomic E-state index is 12.4. The molecule has 32 heavy (non-hydrogen) atoms. The molecule has 1 fully saturated rings. The van der Waals surface area contributed by atoms with E-state index in [4.69, 9.17) is 14.2 Å². The highest BCUT2D eigenvalue weighted by Crippen LogP contribution is 2.32. The molecular formula is C28H46O4. The van der Waals surface area contributed by atoms with E-state index in [-0.39, 0.29) is 24.5 Å². The van der Waals surface area contributed by atoms with Gasteiger partial charge in [0.05, 0.1) is 24.4 Å². The van der Waals surface area contributed by atoms with Crippen molar-refractivity contribution in [3.63, 3.8) is 0 Å². The first kappa shape index (κ1) is 26.9. The van der Waals surface area contributed by atoms with Gasteiger partial charge >= 0.3 is 5.97 Å². The van der Waals surface area contributed by atoms with Crippen LogP contribution in [-0.4, -0.2) is 24.8 Å². The van der Waals surface area contributed by atoms with Gasteiger partial charge in [-0.3, -0.25) is 0 Å². The minimum absolute atomic E-state index is 0.0477. The van der Waals surface area contributed by atoms with Crippen molar-refractivity contribution in [1.29, 1.82) is 0 Å². The first-order valence-electron chi connectivity index (χ1n) is 13.1. The van der Waals surface area contributed by atoms with E-state index in [0.717, 1.165) is 25.0 Å². The summed E-state index contributed by atoms with van der Waals surface area (Å²) in [5, 5.41) is 0. The Hall–Kier alpha value is -1.39. The van der Waals surface area contributed by atoms with E-state index in [1.54, 1.807) is 0 Å². The maximum Gasteiger partial charge on any atom is 0.338 e. The van der Waals surface area contributed by atoms with Crippen molar-refractivity contribution in [2.45, 2.75) is 123 Å². The van der Waals surface area contributed by atoms with Crippen LogP contribution in [0.2, 0.25) is 0 Å². The monoisotopic (exact) mass is 446 g/mol. The Balaban J connectivity index is 1.73. The molecule has 4 heteroatoms. The summed E-state index contributed by atoms with van der Waals surface area (Å²) in [4.78, 5) is 12.4. The fourth-order valence-corrected chi connectivity index (χ4v) is 4.32. The van der Waals surface area contributed by atoms with Crippen LogP contribution in [0, 0.1) is 5.92 Å². The molecule has 0 spiro atoms. The number of hydrogen-bond acceptors (Lipinski definition) is 4. The molecule has 0 unspecified atom stereocenters. The summed E-state index contributed by atoms with van der Waals surface area (Å²) in [5.41, 5.74) is 1.54. The van der Waals surface area contributed by atoms with Crippen molar-refractivity contribution in [1.82, 2.24) is 0 Å². The Bertz CT molecular complexity index is 627. The highest BCUT2D eigenvalue weighted by Gasteiger charge is 2.29. The van der Waals surface area contributed by atoms with E-state index in [0.29, 0.717) is 11.5 Å². The molecule has 1 heterocycles. The van der Waals surface area contributed by atoms with Crippen molar-refractivity contribution in [2.24, 2.45) is 5.92 Å². The number of ether oxygens (including phenoxy) is 3. The Morgan fingerprint density at radius 1 is 0.969 bits per heavy atom. The van der Waals surface area contributed by atoms with E-state index in [1.807, 2.05) is 31.2 Å². The lowest BCUT2D eigenvalue weighted by Gasteiger charge is -2.35. The third-order valence-corrected chi connectivity index (χ3v) is 6.58. The van der Waals surface area contributed by atoms with Crippen molar-refractivity contribution < 1.29 is 19.0 Å². The van der Waals surface area contributed by atoms with Crippen LogP contribution >= 0.6 is 0 Å². The number of carbonyl (C=O) groups is 1. The smallest absolute Gasteiger partial charge is 0.338 e. The van der Waals surface area contributed by atoms with Gasteiger partial charge in [0.2, 0.25) is 0 Å². The van der Waals surface area contributed by atoms with Gasteiger partial charge in [0.1, 0.15) is 0 Å². The van der Waals surface area contributed by atoms with Crippen molar-refractivity contribution in [3.8, 4) is 0 Å². The number of unbranched alkanes of at least 4 members (excludes halogenated alkanes) is 8. The van der Waals surface area contributed by atoms with Crippen LogP contribution in [0.4, 0.5) is 0 Å². The Morgan fingerprint density at radius 2 is 1.59 bits per heavy atom. The molecule has 1 saturated heterocycles. The molecule has 0 N–H and O–H groups in total. The van der Waals surface area contributed by atoms with E-state index >= 15 is 0 Å². The fraction of sp³-hybridized carbons (Fsp3) is 0.750. The second-order valence-electron chi connectivity index (χ2n) is 9.51. The van der Waals surface area contributed by atoms with Gasteiger partial charge in [-0.05, 0) is 45.2 Å². The quantitative estimate of drug-likeness (QED) is 0.202. The molecule has 1 aliphatic rings. The minimum atomic E-state index is -0.353. The molecule has 1 aromatic carbocycles. The van der Waals surface area contributed by atoms with Gasteiger partial charge in [0, 0.05) is 11.5 Å². The summed E-state index contributed by atoms with van der Waals surface area (Å²) in [6, 6.07) is 7.49. The highest BCUT2D eigenvalue weighted by atomic mass is 16.7. The topological polar surface area (TPSA) is 44.8 Å². The van der Waals surface area contributed by atoms with Crippen LogP contribution in [0.15, 0.2) is 24.3 Å². The van der Waals surface area contributed by atoms with Crippen LogP contribution in [0.3, 0.4) is 0 Å². The zero-order valence-corrected chi connectivity index (χ0v) is 20.9. The summed E-state index contributed by atoms with van der Waals surface area (Å²) >= 11 is 0. The van der Waals surface area contributed by atoms with Crippen LogP contribution in [0.25, 0.3) is 0 Å². The third-order valence-electron chi connectivity index (χ3n) is 6.58. The van der Waals surface area contributed by atoms with Gasteiger partial charge in [-0.15, -0.1) is 0 Å². The predicted octanol–water partition coefficient (Wildman–Crippen LogP) is 8.00. The third kappa shape index (κ3) is 9.62. The van der Waals surface area contributed by atoms with Gasteiger partial charge in [-0.25, -0.2) is 4.79 Å². The molecule has 2 rings (SSSR count). The Labute approximate surface area is 196 Å². The number of hydrogen-bond donors (Lipinski definition) is 0. The van der Waals surface area contributed by atoms with Crippen LogP contribution in [0.5, 0.6) is 0 Å². The summed E-state index contributed by atoms with van der Waals surface area (Å²) in [6.45, 7) is 9.33. The summed E-state index contributed by atoms with van der Waals surface area (Å²) in [5.74, 6) is 0.211. The van der Waals surface area contributed by atoms with Crippen molar-refractivity contribution >= 4 is 5.97 Å². The van der Waals surface area contributed by atoms with E-state index < -0.39 is 0 Å². The lowest BCUT2D eigenvalue weighted by molar-refractivity contribution is -0.237. The van der Waals surface area contributed by atoms with Gasteiger partial charge in [0.25, 0.3) is 0 Å². The molecule has 0 bridgehead atoms. The normalized spacial score (nSPS) is 21.9. The van der Waals surface area contributed by atoms with Crippen LogP contribution < -0.4 is 0 Å². The van der Waals surface area contributed by atoms with Gasteiger partial charge < -0.3 is 14.2 Å². The highest BCUT2D eigenvalue weighted by molar-refractivity contribution is 5.89. The van der Waals surface area contributed by atoms with E-state index in [2.05, 4.69) is 20.8 Å². The molecule has 0 aliphatic carbocycles. The molecule has 0 saturated carbocycles. The molecule has 4 nitrogen and oxygen atoms in total. The number of carbonyl (C=O) groups excluding carboxylic acids is 1. The average Bonchev–Trinajstić information content (AvgIpc) is 2.80. The number of benzene rings is 1. The Kier molecular flexibility index (Phi) is 13.0. The van der Waals surface area contributed by atoms with E-state index in [1.165, 1.54) is 64.2 Å². The van der Waals surface area contributed by atoms with Crippen LogP contribution in [0.1, 0.15) is 127 Å².